The van der Waals surface area contributed by atoms with Crippen molar-refractivity contribution in [3.63, 3.8) is 0 Å². The highest BCUT2D eigenvalue weighted by Crippen LogP contribution is 2.32. The number of aliphatic hydroxyl groups is 1. The van der Waals surface area contributed by atoms with Gasteiger partial charge in [-0.2, -0.15) is 0 Å². The second-order valence-corrected chi connectivity index (χ2v) is 9.16. The number of anilines is 2. The number of nitrogens with zero attached hydrogens (tertiary/aromatic N) is 3. The molecule has 0 spiro atoms. The minimum atomic E-state index is -0.971. The van der Waals surface area contributed by atoms with E-state index in [4.69, 9.17) is 14.5 Å². The molecule has 1 aliphatic carbocycles. The van der Waals surface area contributed by atoms with Crippen LogP contribution in [0.3, 0.4) is 0 Å². The number of rotatable bonds is 6. The molecular formula is C24H33N5O3. The maximum atomic E-state index is 10.4. The van der Waals surface area contributed by atoms with Gasteiger partial charge in [0.15, 0.2) is 11.6 Å². The minimum absolute atomic E-state index is 0.0309. The number of fused-ring (bicyclic) bond motifs is 2. The second-order valence-electron chi connectivity index (χ2n) is 9.16. The van der Waals surface area contributed by atoms with Gasteiger partial charge in [-0.3, -0.25) is 4.98 Å². The average molecular weight is 440 g/mol. The zero-order chi connectivity index (χ0) is 22.2. The number of hydrogen-bond donors (Lipinski definition) is 3. The van der Waals surface area contributed by atoms with E-state index in [9.17, 15) is 5.11 Å². The topological polar surface area (TPSA) is 91.8 Å². The van der Waals surface area contributed by atoms with Crippen LogP contribution in [0, 0.1) is 26.7 Å². The third-order valence-corrected chi connectivity index (χ3v) is 6.96. The molecule has 1 saturated heterocycles. The molecule has 8 nitrogen and oxygen atoms in total. The summed E-state index contributed by atoms with van der Waals surface area (Å²) in [6, 6.07) is 3.77. The Morgan fingerprint density at radius 1 is 1.16 bits per heavy atom. The van der Waals surface area contributed by atoms with Crippen LogP contribution in [-0.4, -0.2) is 60.4 Å². The molecule has 32 heavy (non-hydrogen) atoms. The van der Waals surface area contributed by atoms with Crippen molar-refractivity contribution in [1.82, 2.24) is 15.3 Å². The fourth-order valence-electron chi connectivity index (χ4n) is 5.11. The van der Waals surface area contributed by atoms with Crippen molar-refractivity contribution in [1.29, 1.82) is 0 Å². The molecule has 4 heterocycles. The van der Waals surface area contributed by atoms with Crippen LogP contribution in [0.5, 0.6) is 5.75 Å². The first-order chi connectivity index (χ1) is 15.5. The molecule has 3 aliphatic rings. The molecule has 5 rings (SSSR count). The molecule has 2 aliphatic heterocycles. The van der Waals surface area contributed by atoms with Gasteiger partial charge < -0.3 is 30.1 Å². The van der Waals surface area contributed by atoms with Crippen molar-refractivity contribution in [2.24, 2.45) is 5.92 Å². The second kappa shape index (κ2) is 8.84. The molecule has 0 amide bonds. The summed E-state index contributed by atoms with van der Waals surface area (Å²) in [5.41, 5.74) is 6.68. The smallest absolute Gasteiger partial charge is 0.239 e. The number of ether oxygens (including phenoxy) is 2. The average Bonchev–Trinajstić information content (AvgIpc) is 3.39. The molecule has 0 saturated carbocycles. The first kappa shape index (κ1) is 21.4. The van der Waals surface area contributed by atoms with E-state index in [1.165, 1.54) is 22.4 Å². The first-order valence-corrected chi connectivity index (χ1v) is 11.6. The van der Waals surface area contributed by atoms with E-state index in [2.05, 4.69) is 36.4 Å². The van der Waals surface area contributed by atoms with Crippen LogP contribution in [0.1, 0.15) is 34.5 Å². The summed E-state index contributed by atoms with van der Waals surface area (Å²) in [6.07, 6.45) is 2.08. The summed E-state index contributed by atoms with van der Waals surface area (Å²) < 4.78 is 11.4. The Morgan fingerprint density at radius 2 is 2.00 bits per heavy atom. The zero-order valence-electron chi connectivity index (χ0n) is 19.1. The Kier molecular flexibility index (Phi) is 5.92. The van der Waals surface area contributed by atoms with Crippen LogP contribution in [0.25, 0.3) is 0 Å². The normalized spacial score (nSPS) is 24.1. The summed E-state index contributed by atoms with van der Waals surface area (Å²) >= 11 is 0. The first-order valence-electron chi connectivity index (χ1n) is 11.6. The summed E-state index contributed by atoms with van der Waals surface area (Å²) in [5.74, 6) is 2.79. The van der Waals surface area contributed by atoms with Crippen LogP contribution in [-0.2, 0) is 17.6 Å². The highest BCUT2D eigenvalue weighted by Gasteiger charge is 2.33. The zero-order valence-corrected chi connectivity index (χ0v) is 19.1. The third kappa shape index (κ3) is 4.14. The monoisotopic (exact) mass is 439 g/mol. The van der Waals surface area contributed by atoms with Crippen molar-refractivity contribution in [3.8, 4) is 5.75 Å². The quantitative estimate of drug-likeness (QED) is 0.590. The maximum Gasteiger partial charge on any atom is 0.239 e. The van der Waals surface area contributed by atoms with Gasteiger partial charge in [-0.1, -0.05) is 0 Å². The summed E-state index contributed by atoms with van der Waals surface area (Å²) in [5, 5.41) is 17.3. The van der Waals surface area contributed by atoms with Gasteiger partial charge in [0.25, 0.3) is 0 Å². The lowest BCUT2D eigenvalue weighted by Crippen LogP contribution is -2.31. The van der Waals surface area contributed by atoms with Gasteiger partial charge in [-0.25, -0.2) is 4.98 Å². The number of pyridine rings is 2. The third-order valence-electron chi connectivity index (χ3n) is 6.96. The number of nitrogens with one attached hydrogen (secondary N) is 2. The Hall–Kier alpha value is -2.42. The Balaban J connectivity index is 1.10. The van der Waals surface area contributed by atoms with E-state index in [-0.39, 0.29) is 6.10 Å². The molecule has 3 N–H and O–H groups in total. The molecule has 0 bridgehead atoms. The van der Waals surface area contributed by atoms with Gasteiger partial charge in [0.2, 0.25) is 6.41 Å². The van der Waals surface area contributed by atoms with Crippen LogP contribution < -0.4 is 20.3 Å². The van der Waals surface area contributed by atoms with E-state index in [1.54, 1.807) is 4.90 Å². The standard InChI is InChI=1S/C24H33N5O3/c1-14-15(2)27-16(3)20-11-17(10-19(14)20)12-25-7-6-18-13-29(24(30)32-18)22-5-4-21-23(28-22)26-8-9-31-21/h4-5,17-18,24-25,30H,6-13H2,1-3H3,(H,26,28). The molecule has 3 unspecified atom stereocenters. The van der Waals surface area contributed by atoms with Gasteiger partial charge in [0.05, 0.1) is 19.2 Å². The fraction of sp³-hybridized carbons (Fsp3) is 0.583. The van der Waals surface area contributed by atoms with Crippen LogP contribution in [0.2, 0.25) is 0 Å². The molecule has 8 heteroatoms. The maximum absolute atomic E-state index is 10.4. The lowest BCUT2D eigenvalue weighted by Gasteiger charge is -2.23. The Bertz CT molecular complexity index is 998. The SMILES string of the molecule is Cc1nc(C)c2c(c1C)CC(CNCCC1CN(c3ccc4c(n3)NCCO4)C(O)O1)C2. The summed E-state index contributed by atoms with van der Waals surface area (Å²) in [4.78, 5) is 11.1. The molecule has 0 aromatic carbocycles. The van der Waals surface area contributed by atoms with Crippen molar-refractivity contribution in [2.45, 2.75) is 52.6 Å². The van der Waals surface area contributed by atoms with Crippen LogP contribution in [0.4, 0.5) is 11.6 Å². The van der Waals surface area contributed by atoms with E-state index in [0.29, 0.717) is 24.9 Å². The molecule has 3 atom stereocenters. The predicted molar refractivity (Wildman–Crippen MR) is 123 cm³/mol. The lowest BCUT2D eigenvalue weighted by molar-refractivity contribution is -0.0897. The van der Waals surface area contributed by atoms with E-state index in [0.717, 1.165) is 56.2 Å². The minimum Gasteiger partial charge on any atom is -0.488 e. The molecule has 2 aromatic rings. The highest BCUT2D eigenvalue weighted by atomic mass is 16.6. The Morgan fingerprint density at radius 3 is 2.88 bits per heavy atom. The molecule has 172 valence electrons. The molecule has 2 aromatic heterocycles. The van der Waals surface area contributed by atoms with E-state index in [1.807, 2.05) is 12.1 Å². The lowest BCUT2D eigenvalue weighted by atomic mass is 10.0. The van der Waals surface area contributed by atoms with E-state index >= 15 is 0 Å². The van der Waals surface area contributed by atoms with Crippen molar-refractivity contribution in [3.05, 3.63) is 40.2 Å². The van der Waals surface area contributed by atoms with Crippen molar-refractivity contribution in [2.75, 3.05) is 43.0 Å². The van der Waals surface area contributed by atoms with Gasteiger partial charge in [0, 0.05) is 11.4 Å². The molecular weight excluding hydrogens is 406 g/mol. The molecule has 0 radical (unpaired) electrons. The van der Waals surface area contributed by atoms with Crippen LogP contribution in [0.15, 0.2) is 12.1 Å². The predicted octanol–water partition coefficient (Wildman–Crippen LogP) is 2.08. The van der Waals surface area contributed by atoms with Crippen molar-refractivity contribution >= 4 is 11.6 Å². The van der Waals surface area contributed by atoms with Gasteiger partial charge in [-0.05, 0) is 87.9 Å². The van der Waals surface area contributed by atoms with Gasteiger partial charge in [0.1, 0.15) is 12.4 Å². The van der Waals surface area contributed by atoms with Gasteiger partial charge in [-0.15, -0.1) is 0 Å². The Labute approximate surface area is 189 Å². The van der Waals surface area contributed by atoms with E-state index < -0.39 is 6.41 Å². The molecule has 1 fully saturated rings. The number of aryl methyl sites for hydroxylation is 2. The largest absolute Gasteiger partial charge is 0.488 e. The number of hydrogen-bond acceptors (Lipinski definition) is 8. The summed E-state index contributed by atoms with van der Waals surface area (Å²) in [7, 11) is 0. The fourth-order valence-corrected chi connectivity index (χ4v) is 5.11. The number of aliphatic hydroxyl groups excluding tert-OH is 1. The van der Waals surface area contributed by atoms with Crippen LogP contribution >= 0.6 is 0 Å². The number of aromatic nitrogens is 2. The highest BCUT2D eigenvalue weighted by molar-refractivity contribution is 5.57. The van der Waals surface area contributed by atoms with Gasteiger partial charge >= 0.3 is 0 Å². The van der Waals surface area contributed by atoms with Crippen molar-refractivity contribution < 1.29 is 14.6 Å². The summed E-state index contributed by atoms with van der Waals surface area (Å²) in [6.45, 7) is 10.3.